The van der Waals surface area contributed by atoms with Crippen LogP contribution in [0.3, 0.4) is 0 Å². The van der Waals surface area contributed by atoms with E-state index in [0.717, 1.165) is 25.5 Å². The van der Waals surface area contributed by atoms with E-state index in [1.165, 1.54) is 15.9 Å². The van der Waals surface area contributed by atoms with Crippen molar-refractivity contribution in [3.05, 3.63) is 85.0 Å². The average Bonchev–Trinajstić information content (AvgIpc) is 2.87. The third-order valence-corrected chi connectivity index (χ3v) is 14.1. The van der Waals surface area contributed by atoms with Gasteiger partial charge in [-0.1, -0.05) is 113 Å². The van der Waals surface area contributed by atoms with Gasteiger partial charge in [-0.2, -0.15) is 8.42 Å². The molecule has 3 rings (SSSR count). The Kier molecular flexibility index (Phi) is 10.6. The van der Waals surface area contributed by atoms with Crippen LogP contribution >= 0.6 is 0 Å². The molecule has 0 spiro atoms. The van der Waals surface area contributed by atoms with Gasteiger partial charge in [-0.05, 0) is 65.3 Å². The lowest BCUT2D eigenvalue weighted by Crippen LogP contribution is -2.67. The maximum absolute atomic E-state index is 12.0. The Morgan fingerprint density at radius 1 is 1.03 bits per heavy atom. The molecule has 0 amide bonds. The summed E-state index contributed by atoms with van der Waals surface area (Å²) in [6.07, 6.45) is 7.84. The van der Waals surface area contributed by atoms with E-state index in [9.17, 15) is 8.42 Å². The van der Waals surface area contributed by atoms with Crippen molar-refractivity contribution in [2.75, 3.05) is 12.9 Å². The fraction of sp³-hybridized carbons (Fsp3) is 0.515. The van der Waals surface area contributed by atoms with E-state index in [0.29, 0.717) is 11.8 Å². The topological polar surface area (TPSA) is 52.6 Å². The van der Waals surface area contributed by atoms with Gasteiger partial charge in [0.2, 0.25) is 0 Å². The molecule has 0 aliphatic heterocycles. The summed E-state index contributed by atoms with van der Waals surface area (Å²) in [5, 5.41) is 2.38. The Morgan fingerprint density at radius 3 is 2.00 bits per heavy atom. The first-order valence-corrected chi connectivity index (χ1v) is 17.9. The van der Waals surface area contributed by atoms with Crippen molar-refractivity contribution in [3.63, 3.8) is 0 Å². The van der Waals surface area contributed by atoms with E-state index < -0.39 is 18.4 Å². The van der Waals surface area contributed by atoms with E-state index in [2.05, 4.69) is 115 Å². The molecule has 0 saturated heterocycles. The molecule has 1 aliphatic rings. The molecule has 0 radical (unpaired) electrons. The Hall–Kier alpha value is -1.99. The van der Waals surface area contributed by atoms with Gasteiger partial charge in [0.05, 0.1) is 12.9 Å². The van der Waals surface area contributed by atoms with E-state index in [-0.39, 0.29) is 29.6 Å². The summed E-state index contributed by atoms with van der Waals surface area (Å²) in [6, 6.07) is 21.4. The van der Waals surface area contributed by atoms with Crippen molar-refractivity contribution in [2.24, 2.45) is 23.7 Å². The Labute approximate surface area is 238 Å². The van der Waals surface area contributed by atoms with Gasteiger partial charge in [-0.15, -0.1) is 6.58 Å². The summed E-state index contributed by atoms with van der Waals surface area (Å²) in [6.45, 7) is 17.8. The predicted molar refractivity (Wildman–Crippen MR) is 166 cm³/mol. The molecule has 2 aromatic rings. The van der Waals surface area contributed by atoms with Crippen molar-refractivity contribution in [1.29, 1.82) is 0 Å². The summed E-state index contributed by atoms with van der Waals surface area (Å²) in [5.41, 5.74) is 1.30. The van der Waals surface area contributed by atoms with Gasteiger partial charge in [0.15, 0.2) is 0 Å². The Morgan fingerprint density at radius 2 is 1.56 bits per heavy atom. The molecule has 0 aromatic heterocycles. The maximum Gasteiger partial charge on any atom is 0.264 e. The first-order chi connectivity index (χ1) is 18.3. The molecule has 4 nitrogen and oxygen atoms in total. The van der Waals surface area contributed by atoms with E-state index in [1.807, 2.05) is 6.08 Å². The second kappa shape index (κ2) is 13.1. The number of rotatable bonds is 12. The highest BCUT2D eigenvalue weighted by Crippen LogP contribution is 2.44. The second-order valence-corrected chi connectivity index (χ2v) is 18.4. The maximum atomic E-state index is 12.0. The van der Waals surface area contributed by atoms with E-state index in [4.69, 9.17) is 8.61 Å². The van der Waals surface area contributed by atoms with E-state index >= 15 is 0 Å². The molecule has 214 valence electrons. The molecular weight excluding hydrogens is 521 g/mol. The smallest absolute Gasteiger partial charge is 0.264 e. The van der Waals surface area contributed by atoms with Crippen LogP contribution in [0.15, 0.2) is 85.0 Å². The first kappa shape index (κ1) is 31.5. The third-order valence-electron chi connectivity index (χ3n) is 8.40. The van der Waals surface area contributed by atoms with Gasteiger partial charge >= 0.3 is 0 Å². The number of hydrogen-bond donors (Lipinski definition) is 0. The SMILES string of the molecule is C=CC[C@H](C[C@H]1C(C)=CC[C@H](C(C)C)[C@H]1COS(C)(=O)=O)O[Si](c1ccccc1)(c1ccccc1)C(C)(C)C. The predicted octanol–water partition coefficient (Wildman–Crippen LogP) is 6.73. The Balaban J connectivity index is 2.09. The Bertz CT molecular complexity index is 1160. The largest absolute Gasteiger partial charge is 0.404 e. The highest BCUT2D eigenvalue weighted by Gasteiger charge is 2.51. The van der Waals surface area contributed by atoms with E-state index in [1.54, 1.807) is 0 Å². The van der Waals surface area contributed by atoms with Crippen LogP contribution in [0.5, 0.6) is 0 Å². The van der Waals surface area contributed by atoms with Gasteiger partial charge in [-0.25, -0.2) is 0 Å². The van der Waals surface area contributed by atoms with Crippen LogP contribution in [0, 0.1) is 23.7 Å². The lowest BCUT2D eigenvalue weighted by molar-refractivity contribution is 0.0805. The minimum atomic E-state index is -3.53. The number of benzene rings is 2. The second-order valence-electron chi connectivity index (χ2n) is 12.5. The summed E-state index contributed by atoms with van der Waals surface area (Å²) in [5.74, 6) is 1.02. The van der Waals surface area contributed by atoms with Gasteiger partial charge in [-0.3, -0.25) is 4.18 Å². The van der Waals surface area contributed by atoms with Gasteiger partial charge in [0.1, 0.15) is 0 Å². The van der Waals surface area contributed by atoms with Crippen LogP contribution in [0.4, 0.5) is 0 Å². The van der Waals surface area contributed by atoms with Gasteiger partial charge < -0.3 is 4.43 Å². The van der Waals surface area contributed by atoms with Crippen LogP contribution in [0.1, 0.15) is 60.8 Å². The van der Waals surface area contributed by atoms with Crippen LogP contribution in [-0.4, -0.2) is 35.7 Å². The zero-order valence-corrected chi connectivity index (χ0v) is 26.7. The van der Waals surface area contributed by atoms with Crippen LogP contribution in [0.25, 0.3) is 0 Å². The molecule has 1 aliphatic carbocycles. The number of hydrogen-bond acceptors (Lipinski definition) is 4. The molecule has 0 N–H and O–H groups in total. The average molecular weight is 569 g/mol. The first-order valence-electron chi connectivity index (χ1n) is 14.2. The standard InChI is InChI=1S/C33H48O4SSi/c1-9-16-27(23-31-26(4)21-22-30(25(2)3)32(31)24-36-38(8,34)35)37-39(33(5,6)7,28-17-12-10-13-18-28)29-19-14-11-15-20-29/h9-15,17-21,25,27,30-32H,1,16,22-24H2,2-8H3/t27-,30-,31+,32-/m1/s1. The van der Waals surface area contributed by atoms with Crippen molar-refractivity contribution in [2.45, 2.75) is 71.9 Å². The molecule has 2 aromatic carbocycles. The highest BCUT2D eigenvalue weighted by atomic mass is 32.2. The quantitative estimate of drug-likeness (QED) is 0.162. The van der Waals surface area contributed by atoms with Crippen LogP contribution in [-0.2, 0) is 18.7 Å². The van der Waals surface area contributed by atoms with Crippen LogP contribution < -0.4 is 10.4 Å². The molecule has 0 fully saturated rings. The fourth-order valence-electron chi connectivity index (χ4n) is 6.46. The molecule has 0 bridgehead atoms. The van der Waals surface area contributed by atoms with Crippen molar-refractivity contribution >= 4 is 28.8 Å². The summed E-state index contributed by atoms with van der Waals surface area (Å²) in [7, 11) is -6.29. The normalized spacial score (nSPS) is 21.4. The third kappa shape index (κ3) is 7.60. The molecule has 6 heteroatoms. The van der Waals surface area contributed by atoms with Gasteiger partial charge in [0, 0.05) is 6.10 Å². The van der Waals surface area contributed by atoms with Crippen molar-refractivity contribution < 1.29 is 17.0 Å². The monoisotopic (exact) mass is 568 g/mol. The summed E-state index contributed by atoms with van der Waals surface area (Å²) < 4.78 is 37.0. The summed E-state index contributed by atoms with van der Waals surface area (Å²) >= 11 is 0. The molecule has 39 heavy (non-hydrogen) atoms. The highest BCUT2D eigenvalue weighted by molar-refractivity contribution is 7.85. The molecule has 0 unspecified atom stereocenters. The lowest BCUT2D eigenvalue weighted by atomic mass is 9.67. The fourth-order valence-corrected chi connectivity index (χ4v) is 11.6. The molecule has 4 atom stereocenters. The van der Waals surface area contributed by atoms with Crippen molar-refractivity contribution in [1.82, 2.24) is 0 Å². The van der Waals surface area contributed by atoms with Crippen molar-refractivity contribution in [3.8, 4) is 0 Å². The molecular formula is C33H48O4SSi. The zero-order valence-electron chi connectivity index (χ0n) is 24.9. The zero-order chi connectivity index (χ0) is 28.8. The molecule has 0 heterocycles. The molecule has 0 saturated carbocycles. The van der Waals surface area contributed by atoms with Gasteiger partial charge in [0.25, 0.3) is 18.4 Å². The minimum absolute atomic E-state index is 0.0752. The minimum Gasteiger partial charge on any atom is -0.404 e. The summed E-state index contributed by atoms with van der Waals surface area (Å²) in [4.78, 5) is 0. The van der Waals surface area contributed by atoms with Crippen LogP contribution in [0.2, 0.25) is 5.04 Å². The number of allylic oxidation sites excluding steroid dienone is 2. The lowest BCUT2D eigenvalue weighted by Gasteiger charge is -2.47.